The number of ether oxygens (including phenoxy) is 1. The van der Waals surface area contributed by atoms with Gasteiger partial charge >= 0.3 is 5.97 Å². The van der Waals surface area contributed by atoms with Crippen molar-refractivity contribution in [1.82, 2.24) is 14.1 Å². The lowest BCUT2D eigenvalue weighted by Crippen LogP contribution is -2.25. The van der Waals surface area contributed by atoms with Crippen molar-refractivity contribution in [3.8, 4) is 0 Å². The standard InChI is InChI=1S/C13H15N3O3/c1-2-19-11(17)7-15-8-14-12-10(13(15)18)5-6-16(12)9-3-4-9/h5-6,8-9H,2-4,7H2,1H3. The molecule has 2 heterocycles. The SMILES string of the molecule is CCOC(=O)Cn1cnc2c(ccn2C2CC2)c1=O. The largest absolute Gasteiger partial charge is 0.465 e. The summed E-state index contributed by atoms with van der Waals surface area (Å²) in [5.74, 6) is -0.424. The monoisotopic (exact) mass is 261 g/mol. The molecule has 0 bridgehead atoms. The Balaban J connectivity index is 1.97. The van der Waals surface area contributed by atoms with Gasteiger partial charge in [-0.25, -0.2) is 4.98 Å². The Hall–Kier alpha value is -2.11. The second-order valence-electron chi connectivity index (χ2n) is 4.67. The predicted octanol–water partition coefficient (Wildman–Crippen LogP) is 1.10. The molecule has 1 aliphatic carbocycles. The number of carbonyl (C=O) groups is 1. The zero-order valence-electron chi connectivity index (χ0n) is 10.7. The third-order valence-corrected chi connectivity index (χ3v) is 3.24. The maximum atomic E-state index is 12.2. The van der Waals surface area contributed by atoms with E-state index in [2.05, 4.69) is 4.98 Å². The molecule has 3 rings (SSSR count). The minimum atomic E-state index is -0.424. The van der Waals surface area contributed by atoms with Crippen molar-refractivity contribution in [2.75, 3.05) is 6.61 Å². The number of nitrogens with zero attached hydrogens (tertiary/aromatic N) is 3. The first kappa shape index (κ1) is 12.0. The molecule has 2 aromatic heterocycles. The Kier molecular flexibility index (Phi) is 2.85. The fourth-order valence-electron chi connectivity index (χ4n) is 2.18. The molecular formula is C13H15N3O3. The summed E-state index contributed by atoms with van der Waals surface area (Å²) in [5.41, 5.74) is 0.505. The molecule has 1 saturated carbocycles. The smallest absolute Gasteiger partial charge is 0.326 e. The topological polar surface area (TPSA) is 66.1 Å². The van der Waals surface area contributed by atoms with Crippen molar-refractivity contribution >= 4 is 17.0 Å². The van der Waals surface area contributed by atoms with Gasteiger partial charge in [0.15, 0.2) is 0 Å². The molecule has 0 N–H and O–H groups in total. The highest BCUT2D eigenvalue weighted by Gasteiger charge is 2.25. The van der Waals surface area contributed by atoms with Gasteiger partial charge in [-0.15, -0.1) is 0 Å². The van der Waals surface area contributed by atoms with Crippen LogP contribution >= 0.6 is 0 Å². The Morgan fingerprint density at radius 1 is 1.53 bits per heavy atom. The van der Waals surface area contributed by atoms with Crippen LogP contribution in [0.3, 0.4) is 0 Å². The van der Waals surface area contributed by atoms with Crippen molar-refractivity contribution in [1.29, 1.82) is 0 Å². The van der Waals surface area contributed by atoms with Gasteiger partial charge in [0.1, 0.15) is 18.5 Å². The molecule has 0 aliphatic heterocycles. The van der Waals surface area contributed by atoms with Crippen LogP contribution in [0.1, 0.15) is 25.8 Å². The van der Waals surface area contributed by atoms with Gasteiger partial charge < -0.3 is 9.30 Å². The van der Waals surface area contributed by atoms with Crippen LogP contribution in [0.2, 0.25) is 0 Å². The maximum absolute atomic E-state index is 12.2. The minimum absolute atomic E-state index is 0.0930. The summed E-state index contributed by atoms with van der Waals surface area (Å²) >= 11 is 0. The van der Waals surface area contributed by atoms with E-state index in [1.165, 1.54) is 10.9 Å². The summed E-state index contributed by atoms with van der Waals surface area (Å²) in [7, 11) is 0. The summed E-state index contributed by atoms with van der Waals surface area (Å²) in [6, 6.07) is 2.25. The second-order valence-corrected chi connectivity index (χ2v) is 4.67. The van der Waals surface area contributed by atoms with Crippen LogP contribution in [-0.2, 0) is 16.1 Å². The summed E-state index contributed by atoms with van der Waals surface area (Å²) < 4.78 is 8.16. The molecule has 0 atom stereocenters. The van der Waals surface area contributed by atoms with E-state index >= 15 is 0 Å². The molecule has 1 aliphatic rings. The number of carbonyl (C=O) groups excluding carboxylic acids is 1. The average molecular weight is 261 g/mol. The fourth-order valence-corrected chi connectivity index (χ4v) is 2.18. The van der Waals surface area contributed by atoms with Gasteiger partial charge in [-0.3, -0.25) is 14.2 Å². The first-order valence-electron chi connectivity index (χ1n) is 6.42. The molecular weight excluding hydrogens is 246 g/mol. The molecule has 0 unspecified atom stereocenters. The van der Waals surface area contributed by atoms with E-state index in [1.807, 2.05) is 10.8 Å². The van der Waals surface area contributed by atoms with Crippen LogP contribution in [0, 0.1) is 0 Å². The van der Waals surface area contributed by atoms with Gasteiger partial charge in [0.25, 0.3) is 5.56 Å². The summed E-state index contributed by atoms with van der Waals surface area (Å²) in [4.78, 5) is 27.9. The number of hydrogen-bond acceptors (Lipinski definition) is 4. The molecule has 1 fully saturated rings. The van der Waals surface area contributed by atoms with E-state index in [-0.39, 0.29) is 12.1 Å². The van der Waals surface area contributed by atoms with Crippen LogP contribution in [0.15, 0.2) is 23.4 Å². The van der Waals surface area contributed by atoms with E-state index in [1.54, 1.807) is 13.0 Å². The average Bonchev–Trinajstić information content (AvgIpc) is 3.13. The van der Waals surface area contributed by atoms with E-state index in [0.29, 0.717) is 23.7 Å². The van der Waals surface area contributed by atoms with E-state index in [9.17, 15) is 9.59 Å². The van der Waals surface area contributed by atoms with Gasteiger partial charge in [-0.05, 0) is 25.8 Å². The predicted molar refractivity (Wildman–Crippen MR) is 68.9 cm³/mol. The lowest BCUT2D eigenvalue weighted by atomic mass is 10.4. The van der Waals surface area contributed by atoms with Crippen molar-refractivity contribution in [2.45, 2.75) is 32.4 Å². The zero-order chi connectivity index (χ0) is 13.4. The lowest BCUT2D eigenvalue weighted by molar-refractivity contribution is -0.143. The molecule has 6 nitrogen and oxygen atoms in total. The molecule has 0 spiro atoms. The van der Waals surface area contributed by atoms with Crippen LogP contribution in [-0.4, -0.2) is 26.7 Å². The fraction of sp³-hybridized carbons (Fsp3) is 0.462. The molecule has 19 heavy (non-hydrogen) atoms. The molecule has 0 radical (unpaired) electrons. The number of fused-ring (bicyclic) bond motifs is 1. The van der Waals surface area contributed by atoms with Crippen molar-refractivity contribution < 1.29 is 9.53 Å². The van der Waals surface area contributed by atoms with E-state index < -0.39 is 5.97 Å². The first-order valence-corrected chi connectivity index (χ1v) is 6.42. The highest BCUT2D eigenvalue weighted by molar-refractivity contribution is 5.76. The van der Waals surface area contributed by atoms with Crippen LogP contribution in [0.25, 0.3) is 11.0 Å². The highest BCUT2D eigenvalue weighted by atomic mass is 16.5. The van der Waals surface area contributed by atoms with E-state index in [4.69, 9.17) is 4.74 Å². The number of hydrogen-bond donors (Lipinski definition) is 0. The Morgan fingerprint density at radius 3 is 3.00 bits per heavy atom. The number of aromatic nitrogens is 3. The summed E-state index contributed by atoms with van der Waals surface area (Å²) in [5, 5.41) is 0.554. The molecule has 0 amide bonds. The molecule has 0 aromatic carbocycles. The summed E-state index contributed by atoms with van der Waals surface area (Å²) in [6.07, 6.45) is 5.58. The van der Waals surface area contributed by atoms with Crippen LogP contribution in [0.4, 0.5) is 0 Å². The molecule has 6 heteroatoms. The normalized spacial score (nSPS) is 14.8. The lowest BCUT2D eigenvalue weighted by Gasteiger charge is -2.06. The second kappa shape index (κ2) is 4.53. The van der Waals surface area contributed by atoms with Gasteiger partial charge in [0, 0.05) is 12.2 Å². The van der Waals surface area contributed by atoms with Gasteiger partial charge in [0.2, 0.25) is 0 Å². The number of esters is 1. The minimum Gasteiger partial charge on any atom is -0.465 e. The molecule has 0 saturated heterocycles. The van der Waals surface area contributed by atoms with Gasteiger partial charge in [0.05, 0.1) is 12.0 Å². The van der Waals surface area contributed by atoms with Crippen molar-refractivity contribution in [3.05, 3.63) is 28.9 Å². The Bertz CT molecular complexity index is 682. The highest BCUT2D eigenvalue weighted by Crippen LogP contribution is 2.36. The molecule has 2 aromatic rings. The quantitative estimate of drug-likeness (QED) is 0.773. The van der Waals surface area contributed by atoms with Gasteiger partial charge in [-0.2, -0.15) is 0 Å². The van der Waals surface area contributed by atoms with Crippen LogP contribution < -0.4 is 5.56 Å². The summed E-state index contributed by atoms with van der Waals surface area (Å²) in [6.45, 7) is 1.95. The Labute approximate surface area is 109 Å². The third kappa shape index (κ3) is 2.14. The Morgan fingerprint density at radius 2 is 2.32 bits per heavy atom. The molecule has 100 valence electrons. The third-order valence-electron chi connectivity index (χ3n) is 3.24. The van der Waals surface area contributed by atoms with Crippen LogP contribution in [0.5, 0.6) is 0 Å². The zero-order valence-corrected chi connectivity index (χ0v) is 10.7. The van der Waals surface area contributed by atoms with E-state index in [0.717, 1.165) is 12.8 Å². The number of rotatable bonds is 4. The van der Waals surface area contributed by atoms with Crippen molar-refractivity contribution in [2.24, 2.45) is 0 Å². The maximum Gasteiger partial charge on any atom is 0.326 e. The first-order chi connectivity index (χ1) is 9.20. The van der Waals surface area contributed by atoms with Crippen molar-refractivity contribution in [3.63, 3.8) is 0 Å². The van der Waals surface area contributed by atoms with Gasteiger partial charge in [-0.1, -0.05) is 0 Å².